The maximum atomic E-state index is 13.0. The van der Waals surface area contributed by atoms with E-state index < -0.39 is 0 Å². The van der Waals surface area contributed by atoms with Crippen LogP contribution in [0.5, 0.6) is 0 Å². The molecule has 1 aliphatic carbocycles. The van der Waals surface area contributed by atoms with E-state index in [0.29, 0.717) is 38.4 Å². The van der Waals surface area contributed by atoms with Crippen LogP contribution in [-0.4, -0.2) is 62.6 Å². The molecule has 0 aliphatic heterocycles. The Labute approximate surface area is 314 Å². The fourth-order valence-corrected chi connectivity index (χ4v) is 7.10. The molecule has 0 unspecified atom stereocenters. The second-order valence-corrected chi connectivity index (χ2v) is 15.6. The molecule has 1 aliphatic rings. The lowest BCUT2D eigenvalue weighted by Gasteiger charge is -2.37. The van der Waals surface area contributed by atoms with Gasteiger partial charge in [-0.3, -0.25) is 14.4 Å². The summed E-state index contributed by atoms with van der Waals surface area (Å²) in [4.78, 5) is 39.3. The number of carbonyl (C=O) groups is 3. The molecule has 0 aromatic heterocycles. The number of amides is 1. The number of esters is 2. The van der Waals surface area contributed by atoms with E-state index in [-0.39, 0.29) is 23.9 Å². The highest BCUT2D eigenvalue weighted by Crippen LogP contribution is 2.36. The Kier molecular flexibility index (Phi) is 30.9. The van der Waals surface area contributed by atoms with Crippen LogP contribution in [0, 0.1) is 11.8 Å². The van der Waals surface area contributed by atoms with Crippen molar-refractivity contribution < 1.29 is 23.9 Å². The smallest absolute Gasteiger partial charge is 0.306 e. The summed E-state index contributed by atoms with van der Waals surface area (Å²) in [7, 11) is 4.25. The molecule has 296 valence electrons. The summed E-state index contributed by atoms with van der Waals surface area (Å²) < 4.78 is 10.7. The first-order chi connectivity index (χ1) is 24.8. The second kappa shape index (κ2) is 33.7. The van der Waals surface area contributed by atoms with Crippen molar-refractivity contribution in [2.75, 3.05) is 33.9 Å². The summed E-state index contributed by atoms with van der Waals surface area (Å²) in [5.41, 5.74) is 0. The van der Waals surface area contributed by atoms with Gasteiger partial charge in [0, 0.05) is 31.8 Å². The molecule has 0 bridgehead atoms. The molecule has 7 nitrogen and oxygen atoms in total. The molecule has 0 aromatic rings. The van der Waals surface area contributed by atoms with E-state index in [9.17, 15) is 14.4 Å². The van der Waals surface area contributed by atoms with Crippen LogP contribution < -0.4 is 5.32 Å². The Hall–Kier alpha value is -2.15. The van der Waals surface area contributed by atoms with Gasteiger partial charge >= 0.3 is 11.9 Å². The largest absolute Gasteiger partial charge is 0.461 e. The molecular weight excluding hydrogens is 636 g/mol. The summed E-state index contributed by atoms with van der Waals surface area (Å²) >= 11 is 0. The first-order valence-electron chi connectivity index (χ1n) is 21.4. The van der Waals surface area contributed by atoms with Gasteiger partial charge in [0.15, 0.2) is 0 Å². The summed E-state index contributed by atoms with van der Waals surface area (Å²) in [5.74, 6) is 1.31. The average molecular weight is 717 g/mol. The van der Waals surface area contributed by atoms with Gasteiger partial charge in [-0.2, -0.15) is 0 Å². The number of hydrogen-bond acceptors (Lipinski definition) is 6. The molecule has 7 heteroatoms. The lowest BCUT2D eigenvalue weighted by molar-refractivity contribution is -0.143. The number of nitrogens with zero attached hydrogens (tertiary/aromatic N) is 1. The first kappa shape index (κ1) is 46.9. The van der Waals surface area contributed by atoms with Gasteiger partial charge < -0.3 is 19.7 Å². The topological polar surface area (TPSA) is 84.9 Å². The zero-order valence-corrected chi connectivity index (χ0v) is 33.7. The molecule has 51 heavy (non-hydrogen) atoms. The zero-order chi connectivity index (χ0) is 37.2. The van der Waals surface area contributed by atoms with E-state index in [1.807, 2.05) is 12.2 Å². The predicted molar refractivity (Wildman–Crippen MR) is 214 cm³/mol. The number of unbranched alkanes of at least 4 members (excludes halogenated alkanes) is 16. The van der Waals surface area contributed by atoms with Gasteiger partial charge in [0.1, 0.15) is 13.2 Å². The van der Waals surface area contributed by atoms with Crippen LogP contribution in [0.3, 0.4) is 0 Å². The van der Waals surface area contributed by atoms with Gasteiger partial charge in [0.25, 0.3) is 0 Å². The first-order valence-corrected chi connectivity index (χ1v) is 21.4. The van der Waals surface area contributed by atoms with Gasteiger partial charge in [-0.1, -0.05) is 128 Å². The molecule has 0 heterocycles. The molecule has 1 rings (SSSR count). The third-order valence-corrected chi connectivity index (χ3v) is 10.1. The van der Waals surface area contributed by atoms with Crippen LogP contribution in [0.4, 0.5) is 0 Å². The number of allylic oxidation sites excluding steroid dienone is 2. The maximum Gasteiger partial charge on any atom is 0.306 e. The lowest BCUT2D eigenvalue weighted by atomic mass is 9.73. The minimum atomic E-state index is -0.0935. The molecule has 1 amide bonds. The highest BCUT2D eigenvalue weighted by molar-refractivity contribution is 5.76. The van der Waals surface area contributed by atoms with E-state index in [4.69, 9.17) is 9.47 Å². The summed E-state index contributed by atoms with van der Waals surface area (Å²) in [5, 5.41) is 3.41. The number of nitrogens with one attached hydrogen (secondary N) is 1. The fourth-order valence-electron chi connectivity index (χ4n) is 7.10. The fraction of sp³-hybridized carbons (Fsp3) is 0.841. The Balaban J connectivity index is 2.23. The highest BCUT2D eigenvalue weighted by Gasteiger charge is 2.31. The Morgan fingerprint density at radius 2 is 1.06 bits per heavy atom. The molecule has 0 spiro atoms. The summed E-state index contributed by atoms with van der Waals surface area (Å²) in [6, 6.07) is 0.236. The molecule has 0 radical (unpaired) electrons. The number of carbonyl (C=O) groups excluding carboxylic acids is 3. The average Bonchev–Trinajstić information content (AvgIpc) is 3.08. The Morgan fingerprint density at radius 3 is 1.53 bits per heavy atom. The molecule has 1 N–H and O–H groups in total. The number of hydrogen-bond donors (Lipinski definition) is 1. The molecule has 0 atom stereocenters. The van der Waals surface area contributed by atoms with Crippen molar-refractivity contribution in [1.29, 1.82) is 0 Å². The molecule has 0 aromatic carbocycles. The minimum Gasteiger partial charge on any atom is -0.461 e. The molecule has 1 fully saturated rings. The Morgan fingerprint density at radius 1 is 0.608 bits per heavy atom. The summed E-state index contributed by atoms with van der Waals surface area (Å²) in [6.45, 7) is 6.35. The minimum absolute atomic E-state index is 0.0935. The molecule has 0 saturated heterocycles. The monoisotopic (exact) mass is 717 g/mol. The van der Waals surface area contributed by atoms with E-state index in [1.165, 1.54) is 64.2 Å². The van der Waals surface area contributed by atoms with Crippen molar-refractivity contribution in [2.24, 2.45) is 11.8 Å². The summed E-state index contributed by atoms with van der Waals surface area (Å²) in [6.07, 6.45) is 36.9. The number of rotatable bonds is 35. The van der Waals surface area contributed by atoms with Crippen LogP contribution in [0.2, 0.25) is 0 Å². The quantitative estimate of drug-likeness (QED) is 0.0399. The van der Waals surface area contributed by atoms with Crippen molar-refractivity contribution in [3.63, 3.8) is 0 Å². The van der Waals surface area contributed by atoms with Crippen molar-refractivity contribution in [1.82, 2.24) is 10.2 Å². The van der Waals surface area contributed by atoms with Gasteiger partial charge in [0.05, 0.1) is 0 Å². The van der Waals surface area contributed by atoms with Gasteiger partial charge in [0.2, 0.25) is 5.91 Å². The van der Waals surface area contributed by atoms with Gasteiger partial charge in [-0.05, 0) is 90.1 Å². The SMILES string of the molecule is CCCCCC/C=C\COC(=O)CCCCCCCC(CCCCCCCC(=O)OC/C=C\CCCCCC)NC(=O)CC1CC(CN(C)C)C1. The van der Waals surface area contributed by atoms with Crippen LogP contribution in [-0.2, 0) is 23.9 Å². The van der Waals surface area contributed by atoms with Crippen molar-refractivity contribution in [3.05, 3.63) is 24.3 Å². The van der Waals surface area contributed by atoms with Crippen LogP contribution >= 0.6 is 0 Å². The van der Waals surface area contributed by atoms with Crippen molar-refractivity contribution in [3.8, 4) is 0 Å². The van der Waals surface area contributed by atoms with Gasteiger partial charge in [-0.15, -0.1) is 0 Å². The van der Waals surface area contributed by atoms with Crippen molar-refractivity contribution in [2.45, 2.75) is 193 Å². The molecular formula is C44H80N2O5. The van der Waals surface area contributed by atoms with E-state index in [0.717, 1.165) is 102 Å². The van der Waals surface area contributed by atoms with Crippen LogP contribution in [0.1, 0.15) is 187 Å². The maximum absolute atomic E-state index is 13.0. The highest BCUT2D eigenvalue weighted by atomic mass is 16.5. The lowest BCUT2D eigenvalue weighted by Crippen LogP contribution is -2.39. The normalized spacial score (nSPS) is 16.0. The predicted octanol–water partition coefficient (Wildman–Crippen LogP) is 11.1. The zero-order valence-electron chi connectivity index (χ0n) is 33.7. The van der Waals surface area contributed by atoms with E-state index in [2.05, 4.69) is 50.3 Å². The van der Waals surface area contributed by atoms with Crippen LogP contribution in [0.25, 0.3) is 0 Å². The second-order valence-electron chi connectivity index (χ2n) is 15.6. The molecule has 1 saturated carbocycles. The third kappa shape index (κ3) is 30.1. The van der Waals surface area contributed by atoms with Crippen LogP contribution in [0.15, 0.2) is 24.3 Å². The third-order valence-electron chi connectivity index (χ3n) is 10.1. The van der Waals surface area contributed by atoms with E-state index in [1.54, 1.807) is 0 Å². The van der Waals surface area contributed by atoms with Gasteiger partial charge in [-0.25, -0.2) is 0 Å². The van der Waals surface area contributed by atoms with E-state index >= 15 is 0 Å². The Bertz CT molecular complexity index is 859. The standard InChI is InChI=1S/C44H80N2O5/c1-5-7-9-11-13-21-27-33-50-43(48)31-25-19-15-17-23-29-41(45-42(47)37-39-35-40(36-39)38-46(3)4)30-24-18-16-20-26-32-44(49)51-34-28-22-14-12-10-8-6-2/h21-22,27-28,39-41H,5-20,23-26,29-38H2,1-4H3,(H,45,47)/b27-21-,28-22-. The van der Waals surface area contributed by atoms with Crippen molar-refractivity contribution >= 4 is 17.8 Å². The number of ether oxygens (including phenoxy) is 2.